The van der Waals surface area contributed by atoms with Gasteiger partial charge in [-0.1, -0.05) is 6.08 Å². The summed E-state index contributed by atoms with van der Waals surface area (Å²) in [6.07, 6.45) is 8.28. The molecule has 3 amide bonds. The van der Waals surface area contributed by atoms with Crippen molar-refractivity contribution < 1.29 is 9.59 Å². The van der Waals surface area contributed by atoms with Crippen molar-refractivity contribution in [3.63, 3.8) is 0 Å². The smallest absolute Gasteiger partial charge is 0.317 e. The van der Waals surface area contributed by atoms with Crippen LogP contribution in [0.2, 0.25) is 0 Å². The van der Waals surface area contributed by atoms with E-state index in [-0.39, 0.29) is 24.0 Å². The summed E-state index contributed by atoms with van der Waals surface area (Å²) < 4.78 is 1.87. The maximum absolute atomic E-state index is 12.7. The van der Waals surface area contributed by atoms with Crippen molar-refractivity contribution in [1.82, 2.24) is 25.3 Å². The molecule has 0 aromatic carbocycles. The number of hydrogen-bond acceptors (Lipinski definition) is 3. The Kier molecular flexibility index (Phi) is 4.23. The topological polar surface area (TPSA) is 79.3 Å². The van der Waals surface area contributed by atoms with E-state index in [1.54, 1.807) is 6.20 Å². The Bertz CT molecular complexity index is 706. The lowest BCUT2D eigenvalue weighted by Crippen LogP contribution is -2.58. The lowest BCUT2D eigenvalue weighted by atomic mass is 9.94. The summed E-state index contributed by atoms with van der Waals surface area (Å²) in [4.78, 5) is 26.2. The molecule has 1 aromatic rings. The number of nitrogens with one attached hydrogen (secondary N) is 2. The average molecular weight is 343 g/mol. The van der Waals surface area contributed by atoms with Gasteiger partial charge < -0.3 is 15.5 Å². The number of hydrogen-bond donors (Lipinski definition) is 2. The minimum atomic E-state index is -0.0212. The van der Waals surface area contributed by atoms with E-state index in [9.17, 15) is 9.59 Å². The molecule has 0 radical (unpaired) electrons. The quantitative estimate of drug-likeness (QED) is 0.868. The summed E-state index contributed by atoms with van der Waals surface area (Å²) in [6.45, 7) is 1.32. The Morgan fingerprint density at radius 1 is 1.32 bits per heavy atom. The molecule has 25 heavy (non-hydrogen) atoms. The van der Waals surface area contributed by atoms with Crippen molar-refractivity contribution in [3.05, 3.63) is 24.0 Å². The van der Waals surface area contributed by atoms with Crippen molar-refractivity contribution in [2.45, 2.75) is 44.2 Å². The van der Waals surface area contributed by atoms with E-state index >= 15 is 0 Å². The third-order valence-corrected chi connectivity index (χ3v) is 5.53. The second kappa shape index (κ2) is 6.54. The number of aryl methyl sites for hydroxylation is 1. The summed E-state index contributed by atoms with van der Waals surface area (Å²) in [6, 6.07) is 2.15. The molecule has 2 fully saturated rings. The van der Waals surface area contributed by atoms with Gasteiger partial charge in [-0.15, -0.1) is 0 Å². The van der Waals surface area contributed by atoms with Gasteiger partial charge in [0.1, 0.15) is 0 Å². The third kappa shape index (κ3) is 3.41. The molecule has 3 aliphatic rings. The number of nitrogens with zero attached hydrogens (tertiary/aromatic N) is 3. The third-order valence-electron chi connectivity index (χ3n) is 5.53. The zero-order valence-corrected chi connectivity index (χ0v) is 14.6. The van der Waals surface area contributed by atoms with Crippen LogP contribution in [0.25, 0.3) is 5.57 Å². The molecule has 1 aromatic heterocycles. The van der Waals surface area contributed by atoms with Crippen molar-refractivity contribution in [2.24, 2.45) is 13.0 Å². The van der Waals surface area contributed by atoms with Gasteiger partial charge in [0.05, 0.1) is 17.8 Å². The van der Waals surface area contributed by atoms with Gasteiger partial charge in [0.2, 0.25) is 5.91 Å². The maximum atomic E-state index is 12.7. The number of carbonyl (C=O) groups is 2. The molecule has 0 spiro atoms. The predicted molar refractivity (Wildman–Crippen MR) is 93.6 cm³/mol. The number of carbonyl (C=O) groups excluding carboxylic acids is 2. The molecule has 1 saturated carbocycles. The van der Waals surface area contributed by atoms with Gasteiger partial charge in [-0.2, -0.15) is 5.10 Å². The van der Waals surface area contributed by atoms with Crippen LogP contribution in [0, 0.1) is 5.92 Å². The minimum absolute atomic E-state index is 0.0212. The molecule has 2 atom stereocenters. The molecule has 1 saturated heterocycles. The molecule has 7 nitrogen and oxygen atoms in total. The molecule has 2 aliphatic heterocycles. The number of piperidine rings is 1. The summed E-state index contributed by atoms with van der Waals surface area (Å²) in [7, 11) is 1.94. The predicted octanol–water partition coefficient (Wildman–Crippen LogP) is 1.28. The van der Waals surface area contributed by atoms with Crippen LogP contribution in [0.5, 0.6) is 0 Å². The van der Waals surface area contributed by atoms with Crippen LogP contribution in [-0.4, -0.2) is 51.8 Å². The lowest BCUT2D eigenvalue weighted by molar-refractivity contribution is -0.124. The van der Waals surface area contributed by atoms with Gasteiger partial charge in [-0.3, -0.25) is 9.48 Å². The van der Waals surface area contributed by atoms with Gasteiger partial charge in [0.25, 0.3) is 0 Å². The molecule has 2 N–H and O–H groups in total. The first kappa shape index (κ1) is 16.2. The SMILES string of the molecule is Cn1nccc1C1=CCN(C(=O)NC2CCC(=O)NC2C2CC2)CC1. The normalized spacial score (nSPS) is 26.8. The Balaban J connectivity index is 1.36. The number of aromatic nitrogens is 2. The summed E-state index contributed by atoms with van der Waals surface area (Å²) in [5.41, 5.74) is 2.36. The van der Waals surface area contributed by atoms with E-state index in [2.05, 4.69) is 21.8 Å². The van der Waals surface area contributed by atoms with Crippen molar-refractivity contribution >= 4 is 17.5 Å². The Hall–Kier alpha value is -2.31. The van der Waals surface area contributed by atoms with E-state index in [4.69, 9.17) is 0 Å². The van der Waals surface area contributed by atoms with Crippen LogP contribution in [-0.2, 0) is 11.8 Å². The zero-order valence-electron chi connectivity index (χ0n) is 14.6. The fourth-order valence-electron chi connectivity index (χ4n) is 3.91. The van der Waals surface area contributed by atoms with Crippen LogP contribution in [0.1, 0.15) is 37.8 Å². The monoisotopic (exact) mass is 343 g/mol. The number of urea groups is 1. The van der Waals surface area contributed by atoms with Crippen LogP contribution in [0.3, 0.4) is 0 Å². The maximum Gasteiger partial charge on any atom is 0.317 e. The largest absolute Gasteiger partial charge is 0.351 e. The summed E-state index contributed by atoms with van der Waals surface area (Å²) in [5, 5.41) is 10.5. The molecule has 2 unspecified atom stereocenters. The highest BCUT2D eigenvalue weighted by Crippen LogP contribution is 2.36. The molecule has 1 aliphatic carbocycles. The van der Waals surface area contributed by atoms with Crippen molar-refractivity contribution in [1.29, 1.82) is 0 Å². The van der Waals surface area contributed by atoms with Crippen LogP contribution >= 0.6 is 0 Å². The Morgan fingerprint density at radius 3 is 2.80 bits per heavy atom. The zero-order chi connectivity index (χ0) is 17.4. The molecule has 0 bridgehead atoms. The highest BCUT2D eigenvalue weighted by atomic mass is 16.2. The summed E-state index contributed by atoms with van der Waals surface area (Å²) >= 11 is 0. The molecule has 3 heterocycles. The van der Waals surface area contributed by atoms with Gasteiger partial charge >= 0.3 is 6.03 Å². The highest BCUT2D eigenvalue weighted by molar-refractivity contribution is 5.79. The molecule has 134 valence electrons. The van der Waals surface area contributed by atoms with Crippen LogP contribution in [0.15, 0.2) is 18.3 Å². The second-order valence-electron chi connectivity index (χ2n) is 7.29. The Morgan fingerprint density at radius 2 is 2.16 bits per heavy atom. The van der Waals surface area contributed by atoms with Crippen LogP contribution in [0.4, 0.5) is 4.79 Å². The van der Waals surface area contributed by atoms with Crippen LogP contribution < -0.4 is 10.6 Å². The van der Waals surface area contributed by atoms with E-state index in [0.717, 1.165) is 31.4 Å². The molecule has 7 heteroatoms. The molecule has 4 rings (SSSR count). The number of amides is 3. The first-order chi connectivity index (χ1) is 12.1. The van der Waals surface area contributed by atoms with Gasteiger partial charge in [-0.25, -0.2) is 4.79 Å². The fraction of sp³-hybridized carbons (Fsp3) is 0.611. The van der Waals surface area contributed by atoms with E-state index in [1.807, 2.05) is 22.7 Å². The van der Waals surface area contributed by atoms with E-state index in [1.165, 1.54) is 5.57 Å². The minimum Gasteiger partial charge on any atom is -0.351 e. The van der Waals surface area contributed by atoms with Gasteiger partial charge in [0, 0.05) is 32.8 Å². The standard InChI is InChI=1S/C18H25N5O2/c1-22-15(6-9-19-22)12-7-10-23(11-8-12)18(25)20-14-4-5-16(24)21-17(14)13-2-3-13/h6-7,9,13-14,17H,2-5,8,10-11H2,1H3,(H,20,25)(H,21,24). The Labute approximate surface area is 147 Å². The van der Waals surface area contributed by atoms with Gasteiger partial charge in [-0.05, 0) is 43.2 Å². The van der Waals surface area contributed by atoms with E-state index < -0.39 is 0 Å². The lowest BCUT2D eigenvalue weighted by Gasteiger charge is -2.35. The summed E-state index contributed by atoms with van der Waals surface area (Å²) in [5.74, 6) is 0.649. The highest BCUT2D eigenvalue weighted by Gasteiger charge is 2.41. The molecular formula is C18H25N5O2. The average Bonchev–Trinajstić information content (AvgIpc) is 3.37. The number of rotatable bonds is 3. The first-order valence-corrected chi connectivity index (χ1v) is 9.14. The van der Waals surface area contributed by atoms with Crippen molar-refractivity contribution in [3.8, 4) is 0 Å². The van der Waals surface area contributed by atoms with E-state index in [0.29, 0.717) is 25.4 Å². The molecular weight excluding hydrogens is 318 g/mol. The van der Waals surface area contributed by atoms with Gasteiger partial charge in [0.15, 0.2) is 0 Å². The first-order valence-electron chi connectivity index (χ1n) is 9.14. The fourth-order valence-corrected chi connectivity index (χ4v) is 3.91. The second-order valence-corrected chi connectivity index (χ2v) is 7.29. The van der Waals surface area contributed by atoms with Crippen molar-refractivity contribution in [2.75, 3.05) is 13.1 Å².